The van der Waals surface area contributed by atoms with Crippen LogP contribution in [0.25, 0.3) is 0 Å². The lowest BCUT2D eigenvalue weighted by Crippen LogP contribution is -2.34. The number of aromatic nitrogens is 1. The van der Waals surface area contributed by atoms with Crippen LogP contribution in [-0.2, 0) is 4.74 Å². The molecule has 4 heteroatoms. The first-order valence-electron chi connectivity index (χ1n) is 7.21. The highest BCUT2D eigenvalue weighted by Gasteiger charge is 2.22. The molecule has 1 aliphatic rings. The Balaban J connectivity index is 2.00. The molecule has 2 rings (SSSR count). The van der Waals surface area contributed by atoms with Crippen molar-refractivity contribution in [2.75, 3.05) is 30.9 Å². The second-order valence-electron chi connectivity index (χ2n) is 5.42. The van der Waals surface area contributed by atoms with Gasteiger partial charge in [-0.1, -0.05) is 13.3 Å². The fraction of sp³-hybridized carbons (Fsp3) is 0.667. The summed E-state index contributed by atoms with van der Waals surface area (Å²) in [6, 6.07) is 4.58. The lowest BCUT2D eigenvalue weighted by atomic mass is 10.00. The molecule has 1 aromatic rings. The first kappa shape index (κ1) is 14.1. The summed E-state index contributed by atoms with van der Waals surface area (Å²) in [6.45, 7) is 3.07. The molecular weight excluding hydrogens is 238 g/mol. The smallest absolute Gasteiger partial charge is 0.151 e. The van der Waals surface area contributed by atoms with Gasteiger partial charge in [0.2, 0.25) is 0 Å². The molecule has 2 atom stereocenters. The molecule has 0 spiro atoms. The summed E-state index contributed by atoms with van der Waals surface area (Å²) in [4.78, 5) is 6.48. The third kappa shape index (κ3) is 3.83. The van der Waals surface area contributed by atoms with Crippen LogP contribution in [0.2, 0.25) is 0 Å². The fourth-order valence-electron chi connectivity index (χ4n) is 2.62. The van der Waals surface area contributed by atoms with Crippen LogP contribution < -0.4 is 10.2 Å². The van der Waals surface area contributed by atoms with Gasteiger partial charge in [-0.05, 0) is 31.4 Å². The predicted octanol–water partition coefficient (Wildman–Crippen LogP) is 2.91. The van der Waals surface area contributed by atoms with E-state index < -0.39 is 0 Å². The molecule has 106 valence electrons. The highest BCUT2D eigenvalue weighted by molar-refractivity contribution is 5.65. The van der Waals surface area contributed by atoms with Crippen LogP contribution in [0.5, 0.6) is 0 Å². The van der Waals surface area contributed by atoms with Gasteiger partial charge in [0.25, 0.3) is 0 Å². The van der Waals surface area contributed by atoms with E-state index in [1.54, 1.807) is 0 Å². The average molecular weight is 263 g/mol. The summed E-state index contributed by atoms with van der Waals surface area (Å²) in [7, 11) is 4.05. The minimum atomic E-state index is 0.413. The van der Waals surface area contributed by atoms with Crippen molar-refractivity contribution < 1.29 is 4.74 Å². The molecule has 2 heterocycles. The van der Waals surface area contributed by atoms with Crippen LogP contribution in [0.1, 0.15) is 32.6 Å². The van der Waals surface area contributed by atoms with Crippen molar-refractivity contribution in [2.45, 2.75) is 44.8 Å². The number of hydrogen-bond donors (Lipinski definition) is 1. The van der Waals surface area contributed by atoms with Gasteiger partial charge in [0.1, 0.15) is 0 Å². The number of anilines is 2. The van der Waals surface area contributed by atoms with Crippen molar-refractivity contribution in [2.24, 2.45) is 0 Å². The van der Waals surface area contributed by atoms with Gasteiger partial charge in [0, 0.05) is 32.9 Å². The van der Waals surface area contributed by atoms with Crippen LogP contribution in [0.15, 0.2) is 18.3 Å². The van der Waals surface area contributed by atoms with E-state index in [9.17, 15) is 0 Å². The zero-order chi connectivity index (χ0) is 13.7. The minimum absolute atomic E-state index is 0.413. The summed E-state index contributed by atoms with van der Waals surface area (Å²) in [5.74, 6) is 1.00. The van der Waals surface area contributed by atoms with Gasteiger partial charge in [-0.25, -0.2) is 4.98 Å². The first-order valence-corrected chi connectivity index (χ1v) is 7.21. The lowest BCUT2D eigenvalue weighted by molar-refractivity contribution is 0.00598. The zero-order valence-corrected chi connectivity index (χ0v) is 12.2. The van der Waals surface area contributed by atoms with Crippen molar-refractivity contribution >= 4 is 11.5 Å². The summed E-state index contributed by atoms with van der Waals surface area (Å²) >= 11 is 0. The second kappa shape index (κ2) is 6.75. The highest BCUT2D eigenvalue weighted by Crippen LogP contribution is 2.26. The van der Waals surface area contributed by atoms with E-state index in [0.29, 0.717) is 12.1 Å². The van der Waals surface area contributed by atoms with Gasteiger partial charge in [0.15, 0.2) is 5.82 Å². The van der Waals surface area contributed by atoms with E-state index in [4.69, 9.17) is 4.74 Å². The molecule has 19 heavy (non-hydrogen) atoms. The Bertz CT molecular complexity index is 393. The summed E-state index contributed by atoms with van der Waals surface area (Å²) in [5.41, 5.74) is 1.12. The number of pyridine rings is 1. The number of hydrogen-bond acceptors (Lipinski definition) is 4. The third-order valence-electron chi connectivity index (χ3n) is 3.55. The summed E-state index contributed by atoms with van der Waals surface area (Å²) in [5, 5.41) is 3.64. The fourth-order valence-corrected chi connectivity index (χ4v) is 2.62. The van der Waals surface area contributed by atoms with E-state index in [-0.39, 0.29) is 0 Å². The van der Waals surface area contributed by atoms with E-state index >= 15 is 0 Å². The third-order valence-corrected chi connectivity index (χ3v) is 3.55. The Morgan fingerprint density at radius 1 is 1.47 bits per heavy atom. The number of nitrogens with one attached hydrogen (secondary N) is 1. The standard InChI is InChI=1S/C15H25N3O/c1-4-6-13-11-12(8-10-19-13)17-14-7-5-9-16-15(14)18(2)3/h5,7,9,12-13,17H,4,6,8,10-11H2,1-3H3. The van der Waals surface area contributed by atoms with E-state index in [1.165, 1.54) is 6.42 Å². The Morgan fingerprint density at radius 3 is 3.05 bits per heavy atom. The van der Waals surface area contributed by atoms with Crippen molar-refractivity contribution in [1.29, 1.82) is 0 Å². The van der Waals surface area contributed by atoms with E-state index in [1.807, 2.05) is 31.3 Å². The largest absolute Gasteiger partial charge is 0.379 e. The molecule has 0 bridgehead atoms. The maximum absolute atomic E-state index is 5.80. The van der Waals surface area contributed by atoms with Gasteiger partial charge in [-0.3, -0.25) is 0 Å². The molecule has 0 aliphatic carbocycles. The lowest BCUT2D eigenvalue weighted by Gasteiger charge is -2.31. The molecule has 1 fully saturated rings. The molecule has 1 N–H and O–H groups in total. The normalized spacial score (nSPS) is 23.1. The first-order chi connectivity index (χ1) is 9.20. The molecular formula is C15H25N3O. The van der Waals surface area contributed by atoms with Crippen LogP contribution in [0.4, 0.5) is 11.5 Å². The van der Waals surface area contributed by atoms with Gasteiger partial charge in [-0.2, -0.15) is 0 Å². The van der Waals surface area contributed by atoms with Crippen molar-refractivity contribution in [3.05, 3.63) is 18.3 Å². The number of rotatable bonds is 5. The van der Waals surface area contributed by atoms with E-state index in [0.717, 1.165) is 37.4 Å². The SMILES string of the molecule is CCCC1CC(Nc2cccnc2N(C)C)CCO1. The number of ether oxygens (including phenoxy) is 1. The Hall–Kier alpha value is -1.29. The van der Waals surface area contributed by atoms with Crippen LogP contribution in [0.3, 0.4) is 0 Å². The predicted molar refractivity (Wildman–Crippen MR) is 79.9 cm³/mol. The van der Waals surface area contributed by atoms with Crippen molar-refractivity contribution in [3.63, 3.8) is 0 Å². The van der Waals surface area contributed by atoms with Gasteiger partial charge >= 0.3 is 0 Å². The number of nitrogens with zero attached hydrogens (tertiary/aromatic N) is 2. The molecule has 4 nitrogen and oxygen atoms in total. The van der Waals surface area contributed by atoms with E-state index in [2.05, 4.69) is 23.3 Å². The molecule has 0 amide bonds. The van der Waals surface area contributed by atoms with Gasteiger partial charge in [-0.15, -0.1) is 0 Å². The molecule has 1 aromatic heterocycles. The molecule has 1 aliphatic heterocycles. The summed E-state index contributed by atoms with van der Waals surface area (Å²) in [6.07, 6.45) is 6.76. The zero-order valence-electron chi connectivity index (χ0n) is 12.2. The monoisotopic (exact) mass is 263 g/mol. The molecule has 1 saturated heterocycles. The highest BCUT2D eigenvalue weighted by atomic mass is 16.5. The van der Waals surface area contributed by atoms with Gasteiger partial charge < -0.3 is 15.0 Å². The van der Waals surface area contributed by atoms with Gasteiger partial charge in [0.05, 0.1) is 11.8 Å². The van der Waals surface area contributed by atoms with Crippen LogP contribution in [-0.4, -0.2) is 37.8 Å². The Kier molecular flexibility index (Phi) is 5.02. The summed E-state index contributed by atoms with van der Waals surface area (Å²) < 4.78 is 5.80. The molecule has 2 unspecified atom stereocenters. The minimum Gasteiger partial charge on any atom is -0.379 e. The second-order valence-corrected chi connectivity index (χ2v) is 5.42. The maximum atomic E-state index is 5.80. The molecule has 0 saturated carbocycles. The Labute approximate surface area is 116 Å². The quantitative estimate of drug-likeness (QED) is 0.886. The average Bonchev–Trinajstić information content (AvgIpc) is 2.40. The van der Waals surface area contributed by atoms with Crippen LogP contribution in [0, 0.1) is 0 Å². The maximum Gasteiger partial charge on any atom is 0.151 e. The van der Waals surface area contributed by atoms with Crippen molar-refractivity contribution in [3.8, 4) is 0 Å². The topological polar surface area (TPSA) is 37.4 Å². The Morgan fingerprint density at radius 2 is 2.32 bits per heavy atom. The molecule has 0 aromatic carbocycles. The van der Waals surface area contributed by atoms with Crippen molar-refractivity contribution in [1.82, 2.24) is 4.98 Å². The molecule has 0 radical (unpaired) electrons. The van der Waals surface area contributed by atoms with Crippen LogP contribution >= 0.6 is 0 Å².